The first-order chi connectivity index (χ1) is 6.54. The van der Waals surface area contributed by atoms with Crippen LogP contribution in [0.15, 0.2) is 12.1 Å². The van der Waals surface area contributed by atoms with Crippen LogP contribution >= 0.6 is 0 Å². The molecule has 0 aliphatic carbocycles. The van der Waals surface area contributed by atoms with E-state index in [1.54, 1.807) is 6.92 Å². The summed E-state index contributed by atoms with van der Waals surface area (Å²) in [5, 5.41) is 2.45. The number of halogens is 1. The van der Waals surface area contributed by atoms with Crippen LogP contribution in [0.5, 0.6) is 0 Å². The van der Waals surface area contributed by atoms with Gasteiger partial charge in [-0.15, -0.1) is 0 Å². The molecule has 14 heavy (non-hydrogen) atoms. The minimum Gasteiger partial charge on any atom is -0.326 e. The maximum absolute atomic E-state index is 12.9. The predicted molar refractivity (Wildman–Crippen MR) is 50.8 cm³/mol. The van der Waals surface area contributed by atoms with Gasteiger partial charge in [-0.1, -0.05) is 0 Å². The van der Waals surface area contributed by atoms with Gasteiger partial charge in [-0.25, -0.2) is 4.39 Å². The van der Waals surface area contributed by atoms with Gasteiger partial charge in [0.1, 0.15) is 12.1 Å². The van der Waals surface area contributed by atoms with Gasteiger partial charge in [-0.3, -0.25) is 9.59 Å². The highest BCUT2D eigenvalue weighted by Gasteiger charge is 2.07. The van der Waals surface area contributed by atoms with E-state index in [-0.39, 0.29) is 11.5 Å². The fourth-order valence-corrected chi connectivity index (χ4v) is 1.14. The van der Waals surface area contributed by atoms with E-state index in [1.807, 2.05) is 0 Å². The molecule has 0 spiro atoms. The topological polar surface area (TPSA) is 46.2 Å². The number of benzene rings is 1. The van der Waals surface area contributed by atoms with Crippen LogP contribution < -0.4 is 5.32 Å². The molecule has 3 nitrogen and oxygen atoms in total. The molecule has 0 aliphatic rings. The molecule has 1 aromatic carbocycles. The zero-order valence-electron chi connectivity index (χ0n) is 7.93. The number of anilines is 1. The van der Waals surface area contributed by atoms with E-state index in [0.717, 1.165) is 6.07 Å². The van der Waals surface area contributed by atoms with Gasteiger partial charge in [0.05, 0.1) is 0 Å². The summed E-state index contributed by atoms with van der Waals surface area (Å²) < 4.78 is 12.9. The van der Waals surface area contributed by atoms with E-state index in [2.05, 4.69) is 5.32 Å². The molecular formula is C10H10FNO2. The summed E-state index contributed by atoms with van der Waals surface area (Å²) in [6.07, 6.45) is 0.559. The Hall–Kier alpha value is -1.71. The van der Waals surface area contributed by atoms with Crippen LogP contribution in [0.1, 0.15) is 22.8 Å². The highest BCUT2D eigenvalue weighted by molar-refractivity contribution is 5.91. The number of rotatable bonds is 2. The molecule has 4 heteroatoms. The SMILES string of the molecule is CC(=O)Nc1cc(F)cc(C=O)c1C. The van der Waals surface area contributed by atoms with Gasteiger partial charge in [0.2, 0.25) is 5.91 Å². The number of hydrogen-bond donors (Lipinski definition) is 1. The minimum absolute atomic E-state index is 0.244. The number of nitrogens with one attached hydrogen (secondary N) is 1. The molecule has 0 atom stereocenters. The largest absolute Gasteiger partial charge is 0.326 e. The molecule has 0 radical (unpaired) electrons. The molecule has 1 aromatic rings. The van der Waals surface area contributed by atoms with Crippen LogP contribution in [0, 0.1) is 12.7 Å². The average Bonchev–Trinajstić information content (AvgIpc) is 2.09. The summed E-state index contributed by atoms with van der Waals surface area (Å²) in [6, 6.07) is 2.32. The van der Waals surface area contributed by atoms with E-state index in [4.69, 9.17) is 0 Å². The van der Waals surface area contributed by atoms with E-state index in [9.17, 15) is 14.0 Å². The van der Waals surface area contributed by atoms with Crippen molar-refractivity contribution in [1.29, 1.82) is 0 Å². The van der Waals surface area contributed by atoms with Gasteiger partial charge in [-0.2, -0.15) is 0 Å². The fourth-order valence-electron chi connectivity index (χ4n) is 1.14. The Morgan fingerprint density at radius 1 is 1.50 bits per heavy atom. The lowest BCUT2D eigenvalue weighted by molar-refractivity contribution is -0.114. The smallest absolute Gasteiger partial charge is 0.221 e. The quantitative estimate of drug-likeness (QED) is 0.732. The van der Waals surface area contributed by atoms with Crippen molar-refractivity contribution in [2.24, 2.45) is 0 Å². The van der Waals surface area contributed by atoms with Crippen LogP contribution in [-0.2, 0) is 4.79 Å². The fraction of sp³-hybridized carbons (Fsp3) is 0.200. The standard InChI is InChI=1S/C10H10FNO2/c1-6-8(5-13)3-9(11)4-10(6)12-7(2)14/h3-5H,1-2H3,(H,12,14). The molecule has 0 unspecified atom stereocenters. The van der Waals surface area contributed by atoms with Crippen LogP contribution in [0.25, 0.3) is 0 Å². The van der Waals surface area contributed by atoms with E-state index in [0.29, 0.717) is 17.5 Å². The molecule has 74 valence electrons. The van der Waals surface area contributed by atoms with Gasteiger partial charge < -0.3 is 5.32 Å². The molecule has 1 N–H and O–H groups in total. The second-order valence-corrected chi connectivity index (χ2v) is 2.97. The normalized spacial score (nSPS) is 9.64. The Kier molecular flexibility index (Phi) is 2.96. The van der Waals surface area contributed by atoms with Gasteiger partial charge in [0, 0.05) is 18.2 Å². The highest BCUT2D eigenvalue weighted by atomic mass is 19.1. The second-order valence-electron chi connectivity index (χ2n) is 2.97. The lowest BCUT2D eigenvalue weighted by Gasteiger charge is -2.08. The number of carbonyl (C=O) groups is 2. The average molecular weight is 195 g/mol. The molecule has 0 aromatic heterocycles. The second kappa shape index (κ2) is 4.00. The first kappa shape index (κ1) is 10.4. The number of hydrogen-bond acceptors (Lipinski definition) is 2. The highest BCUT2D eigenvalue weighted by Crippen LogP contribution is 2.19. The van der Waals surface area contributed by atoms with Crippen molar-refractivity contribution < 1.29 is 14.0 Å². The summed E-state index contributed by atoms with van der Waals surface area (Å²) in [5.74, 6) is -0.836. The van der Waals surface area contributed by atoms with Crippen molar-refractivity contribution in [2.75, 3.05) is 5.32 Å². The third-order valence-electron chi connectivity index (χ3n) is 1.85. The molecule has 0 fully saturated rings. The number of carbonyl (C=O) groups excluding carboxylic acids is 2. The molecule has 0 bridgehead atoms. The van der Waals surface area contributed by atoms with Crippen LogP contribution in [-0.4, -0.2) is 12.2 Å². The zero-order valence-corrected chi connectivity index (χ0v) is 7.93. The molecule has 0 aliphatic heterocycles. The van der Waals surface area contributed by atoms with Crippen molar-refractivity contribution in [3.8, 4) is 0 Å². The Morgan fingerprint density at radius 3 is 2.64 bits per heavy atom. The van der Waals surface area contributed by atoms with Crippen molar-refractivity contribution >= 4 is 17.9 Å². The molecule has 0 saturated heterocycles. The number of amides is 1. The van der Waals surface area contributed by atoms with Gasteiger partial charge in [-0.05, 0) is 24.6 Å². The zero-order chi connectivity index (χ0) is 10.7. The Bertz CT molecular complexity index is 388. The van der Waals surface area contributed by atoms with Crippen molar-refractivity contribution in [1.82, 2.24) is 0 Å². The van der Waals surface area contributed by atoms with E-state index < -0.39 is 5.82 Å². The summed E-state index contributed by atoms with van der Waals surface area (Å²) in [5.41, 5.74) is 1.14. The Labute approximate surface area is 80.9 Å². The van der Waals surface area contributed by atoms with Crippen LogP contribution in [0.3, 0.4) is 0 Å². The first-order valence-electron chi connectivity index (χ1n) is 4.07. The van der Waals surface area contributed by atoms with Crippen molar-refractivity contribution in [3.05, 3.63) is 29.1 Å². The maximum atomic E-state index is 12.9. The molecule has 1 rings (SSSR count). The first-order valence-corrected chi connectivity index (χ1v) is 4.07. The summed E-state index contributed by atoms with van der Waals surface area (Å²) >= 11 is 0. The lowest BCUT2D eigenvalue weighted by atomic mass is 10.1. The summed E-state index contributed by atoms with van der Waals surface area (Å²) in [7, 11) is 0. The predicted octanol–water partition coefficient (Wildman–Crippen LogP) is 1.91. The molecular weight excluding hydrogens is 185 g/mol. The van der Waals surface area contributed by atoms with Crippen LogP contribution in [0.4, 0.5) is 10.1 Å². The molecule has 0 saturated carbocycles. The molecule has 1 amide bonds. The van der Waals surface area contributed by atoms with Gasteiger partial charge in [0.25, 0.3) is 0 Å². The lowest BCUT2D eigenvalue weighted by Crippen LogP contribution is -2.08. The minimum atomic E-state index is -0.540. The van der Waals surface area contributed by atoms with Gasteiger partial charge in [0.15, 0.2) is 0 Å². The number of aldehydes is 1. The third-order valence-corrected chi connectivity index (χ3v) is 1.85. The third kappa shape index (κ3) is 2.16. The van der Waals surface area contributed by atoms with E-state index in [1.165, 1.54) is 13.0 Å². The van der Waals surface area contributed by atoms with Crippen LogP contribution in [0.2, 0.25) is 0 Å². The van der Waals surface area contributed by atoms with Crippen molar-refractivity contribution in [2.45, 2.75) is 13.8 Å². The Balaban J connectivity index is 3.21. The monoisotopic (exact) mass is 195 g/mol. The van der Waals surface area contributed by atoms with E-state index >= 15 is 0 Å². The summed E-state index contributed by atoms with van der Waals surface area (Å²) in [6.45, 7) is 2.97. The maximum Gasteiger partial charge on any atom is 0.221 e. The van der Waals surface area contributed by atoms with Gasteiger partial charge >= 0.3 is 0 Å². The molecule has 0 heterocycles. The summed E-state index contributed by atoms with van der Waals surface area (Å²) in [4.78, 5) is 21.3. The Morgan fingerprint density at radius 2 is 2.14 bits per heavy atom. The van der Waals surface area contributed by atoms with Crippen molar-refractivity contribution in [3.63, 3.8) is 0 Å².